The number of aryl methyl sites for hydroxylation is 1. The van der Waals surface area contributed by atoms with Crippen LogP contribution in [-0.2, 0) is 30.5 Å². The van der Waals surface area contributed by atoms with E-state index >= 15 is 4.39 Å². The van der Waals surface area contributed by atoms with Crippen molar-refractivity contribution < 1.29 is 28.3 Å². The summed E-state index contributed by atoms with van der Waals surface area (Å²) in [6.45, 7) is 9.77. The van der Waals surface area contributed by atoms with Crippen LogP contribution in [0.1, 0.15) is 70.8 Å². The third kappa shape index (κ3) is 8.95. The summed E-state index contributed by atoms with van der Waals surface area (Å²) in [7, 11) is 1.66. The monoisotopic (exact) mass is 655 g/mol. The molecule has 1 aromatic carbocycles. The van der Waals surface area contributed by atoms with Gasteiger partial charge in [-0.05, 0) is 43.4 Å². The molecule has 2 N–H and O–H groups in total. The number of benzene rings is 1. The summed E-state index contributed by atoms with van der Waals surface area (Å²) in [6, 6.07) is 4.44. The van der Waals surface area contributed by atoms with E-state index in [1.165, 1.54) is 17.0 Å². The first kappa shape index (κ1) is 36.0. The molecular weight excluding hydrogens is 605 g/mol. The second-order valence-corrected chi connectivity index (χ2v) is 12.4. The maximum atomic E-state index is 15.7. The molecule has 13 heteroatoms. The molecule has 1 aliphatic carbocycles. The number of nitrogens with one attached hydrogen (secondary N) is 2. The van der Waals surface area contributed by atoms with Crippen LogP contribution >= 0.6 is 0 Å². The quantitative estimate of drug-likeness (QED) is 0.282. The molecule has 2 aromatic rings. The fourth-order valence-corrected chi connectivity index (χ4v) is 6.67. The Bertz CT molecular complexity index is 1360. The Morgan fingerprint density at radius 3 is 2.45 bits per heavy atom. The summed E-state index contributed by atoms with van der Waals surface area (Å²) < 4.78 is 22.6. The standard InChI is InChI=1S/C34H50FN7O5/c1-5-29(44)38-31(34(46)40-18-16-39(17-19-40)20-21-47-4)24(3)26-12-13-28(27(35)22-26)37-33(45)32(25-10-8-7-9-11-25)41(23-43)30-14-15-36-42(30)6-2/h12-15,22-25,31-32H,5-11,16-21H2,1-4H3,(H,37,45)(H,38,44)/t24-,31+,32-/m0/s1. The Kier molecular flexibility index (Phi) is 13.3. The summed E-state index contributed by atoms with van der Waals surface area (Å²) in [5.74, 6) is -1.73. The zero-order valence-corrected chi connectivity index (χ0v) is 28.1. The van der Waals surface area contributed by atoms with Crippen LogP contribution in [0.2, 0.25) is 0 Å². The smallest absolute Gasteiger partial charge is 0.247 e. The molecule has 2 fully saturated rings. The molecule has 0 bridgehead atoms. The second kappa shape index (κ2) is 17.4. The molecule has 3 atom stereocenters. The van der Waals surface area contributed by atoms with Crippen LogP contribution in [-0.4, -0.2) is 102 Å². The molecule has 0 radical (unpaired) electrons. The van der Waals surface area contributed by atoms with Gasteiger partial charge in [-0.3, -0.25) is 29.0 Å². The van der Waals surface area contributed by atoms with E-state index in [1.54, 1.807) is 48.9 Å². The molecule has 1 saturated heterocycles. The van der Waals surface area contributed by atoms with Crippen LogP contribution in [0.5, 0.6) is 0 Å². The van der Waals surface area contributed by atoms with E-state index in [4.69, 9.17) is 4.74 Å². The second-order valence-electron chi connectivity index (χ2n) is 12.4. The van der Waals surface area contributed by atoms with E-state index in [1.807, 2.05) is 6.92 Å². The Labute approximate surface area is 277 Å². The molecule has 0 spiro atoms. The summed E-state index contributed by atoms with van der Waals surface area (Å²) >= 11 is 0. The van der Waals surface area contributed by atoms with Crippen molar-refractivity contribution in [1.29, 1.82) is 0 Å². The molecule has 0 unspecified atom stereocenters. The van der Waals surface area contributed by atoms with Gasteiger partial charge in [0.05, 0.1) is 18.5 Å². The van der Waals surface area contributed by atoms with E-state index < -0.39 is 29.7 Å². The van der Waals surface area contributed by atoms with Gasteiger partial charge in [0.1, 0.15) is 23.7 Å². The molecule has 258 valence electrons. The number of anilines is 2. The Balaban J connectivity index is 1.53. The van der Waals surface area contributed by atoms with Crippen molar-refractivity contribution in [3.05, 3.63) is 41.8 Å². The SMILES string of the molecule is CCC(=O)N[C@@H](C(=O)N1CCN(CCOC)CC1)[C@@H](C)c1ccc(NC(=O)[C@H](C2CCCCC2)N(C=O)c2ccnn2CC)c(F)c1. The number of rotatable bonds is 15. The average molecular weight is 656 g/mol. The predicted octanol–water partition coefficient (Wildman–Crippen LogP) is 3.38. The summed E-state index contributed by atoms with van der Waals surface area (Å²) in [4.78, 5) is 57.9. The van der Waals surface area contributed by atoms with Crippen LogP contribution in [0.15, 0.2) is 30.5 Å². The number of hydrogen-bond acceptors (Lipinski definition) is 7. The maximum absolute atomic E-state index is 15.7. The summed E-state index contributed by atoms with van der Waals surface area (Å²) in [5, 5.41) is 9.89. The van der Waals surface area contributed by atoms with E-state index in [0.29, 0.717) is 57.1 Å². The highest BCUT2D eigenvalue weighted by molar-refractivity contribution is 6.00. The lowest BCUT2D eigenvalue weighted by atomic mass is 9.82. The Hall–Kier alpha value is -3.84. The van der Waals surface area contributed by atoms with Gasteiger partial charge in [-0.25, -0.2) is 9.07 Å². The van der Waals surface area contributed by atoms with E-state index in [-0.39, 0.29) is 29.8 Å². The molecule has 1 saturated carbocycles. The zero-order chi connectivity index (χ0) is 33.9. The lowest BCUT2D eigenvalue weighted by Gasteiger charge is -2.37. The van der Waals surface area contributed by atoms with Crippen LogP contribution in [0.4, 0.5) is 15.9 Å². The van der Waals surface area contributed by atoms with E-state index in [2.05, 4.69) is 20.6 Å². The number of carbonyl (C=O) groups excluding carboxylic acids is 4. The van der Waals surface area contributed by atoms with Crippen molar-refractivity contribution in [1.82, 2.24) is 24.9 Å². The number of hydrogen-bond donors (Lipinski definition) is 2. The highest BCUT2D eigenvalue weighted by atomic mass is 19.1. The number of piperazine rings is 1. The molecule has 47 heavy (non-hydrogen) atoms. The van der Waals surface area contributed by atoms with Gasteiger partial charge in [-0.2, -0.15) is 5.10 Å². The van der Waals surface area contributed by atoms with Crippen molar-refractivity contribution in [3.8, 4) is 0 Å². The van der Waals surface area contributed by atoms with Gasteiger partial charge < -0.3 is 20.3 Å². The first-order valence-corrected chi connectivity index (χ1v) is 16.9. The third-order valence-corrected chi connectivity index (χ3v) is 9.51. The number of methoxy groups -OCH3 is 1. The first-order valence-electron chi connectivity index (χ1n) is 16.9. The predicted molar refractivity (Wildman–Crippen MR) is 177 cm³/mol. The minimum atomic E-state index is -0.881. The lowest BCUT2D eigenvalue weighted by molar-refractivity contribution is -0.138. The van der Waals surface area contributed by atoms with Gasteiger partial charge in [-0.15, -0.1) is 0 Å². The number of aromatic nitrogens is 2. The molecule has 1 aliphatic heterocycles. The summed E-state index contributed by atoms with van der Waals surface area (Å²) in [5.41, 5.74) is 0.494. The molecule has 1 aromatic heterocycles. The largest absolute Gasteiger partial charge is 0.383 e. The molecular formula is C34H50FN7O5. The third-order valence-electron chi connectivity index (χ3n) is 9.51. The fourth-order valence-electron chi connectivity index (χ4n) is 6.67. The van der Waals surface area contributed by atoms with Crippen molar-refractivity contribution in [2.75, 3.05) is 56.7 Å². The molecule has 2 aliphatic rings. The lowest BCUT2D eigenvalue weighted by Crippen LogP contribution is -2.56. The first-order chi connectivity index (χ1) is 22.7. The fraction of sp³-hybridized carbons (Fsp3) is 0.618. The number of ether oxygens (including phenoxy) is 1. The van der Waals surface area contributed by atoms with Crippen LogP contribution < -0.4 is 15.5 Å². The van der Waals surface area contributed by atoms with Gasteiger partial charge in [0, 0.05) is 64.8 Å². The highest BCUT2D eigenvalue weighted by Crippen LogP contribution is 2.32. The number of amides is 4. The zero-order valence-electron chi connectivity index (χ0n) is 28.1. The van der Waals surface area contributed by atoms with Crippen LogP contribution in [0.3, 0.4) is 0 Å². The van der Waals surface area contributed by atoms with Gasteiger partial charge in [0.15, 0.2) is 0 Å². The van der Waals surface area contributed by atoms with E-state index in [9.17, 15) is 19.2 Å². The molecule has 4 amide bonds. The van der Waals surface area contributed by atoms with Gasteiger partial charge >= 0.3 is 0 Å². The highest BCUT2D eigenvalue weighted by Gasteiger charge is 2.37. The van der Waals surface area contributed by atoms with Gasteiger partial charge in [0.2, 0.25) is 24.1 Å². The molecule has 12 nitrogen and oxygen atoms in total. The Morgan fingerprint density at radius 2 is 1.83 bits per heavy atom. The van der Waals surface area contributed by atoms with Gasteiger partial charge in [-0.1, -0.05) is 39.2 Å². The van der Waals surface area contributed by atoms with Crippen LogP contribution in [0.25, 0.3) is 0 Å². The van der Waals surface area contributed by atoms with Crippen molar-refractivity contribution in [2.45, 2.75) is 83.8 Å². The Morgan fingerprint density at radius 1 is 1.11 bits per heavy atom. The summed E-state index contributed by atoms with van der Waals surface area (Å²) in [6.07, 6.45) is 6.99. The normalized spacial score (nSPS) is 17.9. The number of carbonyl (C=O) groups is 4. The maximum Gasteiger partial charge on any atom is 0.247 e. The molecule has 2 heterocycles. The topological polar surface area (TPSA) is 129 Å². The minimum Gasteiger partial charge on any atom is -0.383 e. The molecule has 4 rings (SSSR count). The number of halogens is 1. The van der Waals surface area contributed by atoms with Crippen molar-refractivity contribution in [3.63, 3.8) is 0 Å². The van der Waals surface area contributed by atoms with Gasteiger partial charge in [0.25, 0.3) is 0 Å². The number of nitrogens with zero attached hydrogens (tertiary/aromatic N) is 5. The minimum absolute atomic E-state index is 0.0192. The van der Waals surface area contributed by atoms with Crippen molar-refractivity contribution >= 4 is 35.6 Å². The van der Waals surface area contributed by atoms with Crippen LogP contribution in [0, 0.1) is 11.7 Å². The van der Waals surface area contributed by atoms with Crippen molar-refractivity contribution in [2.24, 2.45) is 5.92 Å². The van der Waals surface area contributed by atoms with E-state index in [0.717, 1.165) is 38.6 Å². The average Bonchev–Trinajstić information content (AvgIpc) is 3.58.